The Morgan fingerprint density at radius 1 is 1.44 bits per heavy atom. The molecule has 16 heavy (non-hydrogen) atoms. The van der Waals surface area contributed by atoms with Gasteiger partial charge in [-0.15, -0.1) is 0 Å². The van der Waals surface area contributed by atoms with Crippen LogP contribution in [0.5, 0.6) is 5.88 Å². The van der Waals surface area contributed by atoms with Crippen LogP contribution < -0.4 is 10.5 Å². The lowest BCUT2D eigenvalue weighted by molar-refractivity contribution is -0.147. The minimum absolute atomic E-state index is 0.275. The van der Waals surface area contributed by atoms with E-state index in [0.29, 0.717) is 17.1 Å². The van der Waals surface area contributed by atoms with Crippen molar-refractivity contribution in [2.75, 3.05) is 7.11 Å². The molecule has 0 radical (unpaired) electrons. The standard InChI is InChI=1S/C10H13F3N2O/c1-6-3-7(5-9(15-6)16-2)4-8(14)10(11,12)13/h3,5,8H,4,14H2,1-2H3. The number of ether oxygens (including phenoxy) is 1. The molecule has 0 aliphatic heterocycles. The summed E-state index contributed by atoms with van der Waals surface area (Å²) < 4.78 is 41.6. The van der Waals surface area contributed by atoms with E-state index in [-0.39, 0.29) is 6.42 Å². The maximum atomic E-state index is 12.2. The largest absolute Gasteiger partial charge is 0.481 e. The molecular weight excluding hydrogens is 221 g/mol. The van der Waals surface area contributed by atoms with Crippen molar-refractivity contribution in [2.24, 2.45) is 5.73 Å². The molecule has 1 aromatic heterocycles. The number of aromatic nitrogens is 1. The molecule has 3 nitrogen and oxygen atoms in total. The third-order valence-corrected chi connectivity index (χ3v) is 2.07. The minimum atomic E-state index is -4.38. The van der Waals surface area contributed by atoms with Gasteiger partial charge in [0.05, 0.1) is 7.11 Å². The predicted octanol–water partition coefficient (Wildman–Crippen LogP) is 1.83. The maximum Gasteiger partial charge on any atom is 0.403 e. The number of nitrogens with two attached hydrogens (primary N) is 1. The molecule has 1 rings (SSSR count). The number of pyridine rings is 1. The van der Waals surface area contributed by atoms with Gasteiger partial charge < -0.3 is 10.5 Å². The number of rotatable bonds is 3. The number of halogens is 3. The van der Waals surface area contributed by atoms with Gasteiger partial charge in [0.25, 0.3) is 0 Å². The number of alkyl halides is 3. The Morgan fingerprint density at radius 3 is 2.56 bits per heavy atom. The minimum Gasteiger partial charge on any atom is -0.481 e. The van der Waals surface area contributed by atoms with Crippen LogP contribution in [-0.2, 0) is 6.42 Å². The second-order valence-electron chi connectivity index (χ2n) is 3.51. The average molecular weight is 234 g/mol. The normalized spacial score (nSPS) is 13.6. The molecule has 1 heterocycles. The summed E-state index contributed by atoms with van der Waals surface area (Å²) in [5, 5.41) is 0. The Hall–Kier alpha value is -1.30. The van der Waals surface area contributed by atoms with E-state index in [1.807, 2.05) is 0 Å². The molecular formula is C10H13F3N2O. The van der Waals surface area contributed by atoms with Gasteiger partial charge in [-0.2, -0.15) is 13.2 Å². The highest BCUT2D eigenvalue weighted by molar-refractivity contribution is 5.25. The molecule has 0 saturated carbocycles. The van der Waals surface area contributed by atoms with E-state index in [4.69, 9.17) is 10.5 Å². The van der Waals surface area contributed by atoms with E-state index < -0.39 is 12.2 Å². The fourth-order valence-corrected chi connectivity index (χ4v) is 1.30. The highest BCUT2D eigenvalue weighted by Gasteiger charge is 2.36. The van der Waals surface area contributed by atoms with Gasteiger partial charge in [0.1, 0.15) is 6.04 Å². The van der Waals surface area contributed by atoms with Crippen molar-refractivity contribution in [3.63, 3.8) is 0 Å². The first-order valence-electron chi connectivity index (χ1n) is 4.67. The second kappa shape index (κ2) is 4.69. The monoisotopic (exact) mass is 234 g/mol. The van der Waals surface area contributed by atoms with Gasteiger partial charge in [-0.05, 0) is 25.0 Å². The number of hydrogen-bond acceptors (Lipinski definition) is 3. The van der Waals surface area contributed by atoms with Crippen molar-refractivity contribution >= 4 is 0 Å². The lowest BCUT2D eigenvalue weighted by Crippen LogP contribution is -2.39. The van der Waals surface area contributed by atoms with E-state index in [1.54, 1.807) is 13.0 Å². The molecule has 1 unspecified atom stereocenters. The molecule has 0 aliphatic carbocycles. The zero-order chi connectivity index (χ0) is 12.3. The van der Waals surface area contributed by atoms with Crippen LogP contribution in [0, 0.1) is 6.92 Å². The van der Waals surface area contributed by atoms with E-state index in [1.165, 1.54) is 13.2 Å². The first-order chi connectivity index (χ1) is 7.32. The predicted molar refractivity (Wildman–Crippen MR) is 53.3 cm³/mol. The Balaban J connectivity index is 2.85. The molecule has 2 N–H and O–H groups in total. The van der Waals surface area contributed by atoms with Crippen LogP contribution in [-0.4, -0.2) is 24.3 Å². The molecule has 0 fully saturated rings. The summed E-state index contributed by atoms with van der Waals surface area (Å²) in [6.07, 6.45) is -4.66. The summed E-state index contributed by atoms with van der Waals surface area (Å²) in [5.41, 5.74) is 6.11. The third kappa shape index (κ3) is 3.37. The van der Waals surface area contributed by atoms with E-state index >= 15 is 0 Å². The van der Waals surface area contributed by atoms with Crippen molar-refractivity contribution in [3.05, 3.63) is 23.4 Å². The lowest BCUT2D eigenvalue weighted by Gasteiger charge is -2.15. The molecule has 6 heteroatoms. The van der Waals surface area contributed by atoms with Gasteiger partial charge in [0.2, 0.25) is 5.88 Å². The van der Waals surface area contributed by atoms with Crippen molar-refractivity contribution in [2.45, 2.75) is 25.6 Å². The van der Waals surface area contributed by atoms with Crippen molar-refractivity contribution in [1.29, 1.82) is 0 Å². The molecule has 0 aliphatic rings. The summed E-state index contributed by atoms with van der Waals surface area (Å²) in [6.45, 7) is 1.69. The van der Waals surface area contributed by atoms with Gasteiger partial charge in [-0.3, -0.25) is 0 Å². The summed E-state index contributed by atoms with van der Waals surface area (Å²) in [7, 11) is 1.41. The molecule has 90 valence electrons. The van der Waals surface area contributed by atoms with Crippen LogP contribution in [0.1, 0.15) is 11.3 Å². The topological polar surface area (TPSA) is 48.1 Å². The molecule has 1 aromatic rings. The lowest BCUT2D eigenvalue weighted by atomic mass is 10.1. The Morgan fingerprint density at radius 2 is 2.06 bits per heavy atom. The van der Waals surface area contributed by atoms with E-state index in [9.17, 15) is 13.2 Å². The van der Waals surface area contributed by atoms with Gasteiger partial charge in [-0.25, -0.2) is 4.98 Å². The van der Waals surface area contributed by atoms with Crippen molar-refractivity contribution < 1.29 is 17.9 Å². The Bertz CT molecular complexity index is 366. The highest BCUT2D eigenvalue weighted by atomic mass is 19.4. The molecule has 0 bridgehead atoms. The zero-order valence-electron chi connectivity index (χ0n) is 9.01. The van der Waals surface area contributed by atoms with Crippen molar-refractivity contribution in [3.8, 4) is 5.88 Å². The number of nitrogens with zero attached hydrogens (tertiary/aromatic N) is 1. The number of hydrogen-bond donors (Lipinski definition) is 1. The molecule has 0 saturated heterocycles. The van der Waals surface area contributed by atoms with E-state index in [2.05, 4.69) is 4.98 Å². The molecule has 0 amide bonds. The highest BCUT2D eigenvalue weighted by Crippen LogP contribution is 2.22. The Labute approximate surface area is 91.4 Å². The average Bonchev–Trinajstić information content (AvgIpc) is 2.15. The molecule has 0 spiro atoms. The van der Waals surface area contributed by atoms with Crippen LogP contribution in [0.15, 0.2) is 12.1 Å². The van der Waals surface area contributed by atoms with Crippen LogP contribution in [0.3, 0.4) is 0 Å². The fraction of sp³-hybridized carbons (Fsp3) is 0.500. The number of methoxy groups -OCH3 is 1. The summed E-state index contributed by atoms with van der Waals surface area (Å²) >= 11 is 0. The first kappa shape index (κ1) is 12.8. The quantitative estimate of drug-likeness (QED) is 0.868. The van der Waals surface area contributed by atoms with E-state index in [0.717, 1.165) is 0 Å². The molecule has 0 aromatic carbocycles. The third-order valence-electron chi connectivity index (χ3n) is 2.07. The van der Waals surface area contributed by atoms with Crippen LogP contribution in [0.4, 0.5) is 13.2 Å². The zero-order valence-corrected chi connectivity index (χ0v) is 9.01. The van der Waals surface area contributed by atoms with Crippen molar-refractivity contribution in [1.82, 2.24) is 4.98 Å². The number of aryl methyl sites for hydroxylation is 1. The van der Waals surface area contributed by atoms with Gasteiger partial charge in [0.15, 0.2) is 0 Å². The summed E-state index contributed by atoms with van der Waals surface area (Å²) in [6, 6.07) is 1.16. The van der Waals surface area contributed by atoms with Crippen LogP contribution in [0.25, 0.3) is 0 Å². The first-order valence-corrected chi connectivity index (χ1v) is 4.67. The van der Waals surface area contributed by atoms with Gasteiger partial charge >= 0.3 is 6.18 Å². The van der Waals surface area contributed by atoms with Gasteiger partial charge in [0, 0.05) is 11.8 Å². The van der Waals surface area contributed by atoms with Gasteiger partial charge in [-0.1, -0.05) is 0 Å². The summed E-state index contributed by atoms with van der Waals surface area (Å²) in [4.78, 5) is 3.98. The SMILES string of the molecule is COc1cc(CC(N)C(F)(F)F)cc(C)n1. The maximum absolute atomic E-state index is 12.2. The smallest absolute Gasteiger partial charge is 0.403 e. The molecule has 1 atom stereocenters. The second-order valence-corrected chi connectivity index (χ2v) is 3.51. The fourth-order valence-electron chi connectivity index (χ4n) is 1.30. The summed E-state index contributed by atoms with van der Waals surface area (Å²) in [5.74, 6) is 0.296. The van der Waals surface area contributed by atoms with Crippen LogP contribution >= 0.6 is 0 Å². The Kier molecular flexibility index (Phi) is 3.74. The van der Waals surface area contributed by atoms with Crippen LogP contribution in [0.2, 0.25) is 0 Å².